The zero-order valence-corrected chi connectivity index (χ0v) is 11.3. The van der Waals surface area contributed by atoms with Crippen molar-refractivity contribution in [2.45, 2.75) is 13.3 Å². The van der Waals surface area contributed by atoms with E-state index in [1.807, 2.05) is 61.5 Å². The first-order chi connectivity index (χ1) is 9.70. The Morgan fingerprint density at radius 3 is 2.45 bits per heavy atom. The molecule has 0 aliphatic heterocycles. The number of nitrogens with zero attached hydrogens (tertiary/aromatic N) is 1. The Bertz CT molecular complexity index is 629. The van der Waals surface area contributed by atoms with Crippen molar-refractivity contribution >= 4 is 11.6 Å². The molecule has 2 aromatic carbocycles. The number of anilines is 1. The van der Waals surface area contributed by atoms with Crippen LogP contribution >= 0.6 is 0 Å². The topological polar surface area (TPSA) is 52.9 Å². The lowest BCUT2D eigenvalue weighted by molar-refractivity contribution is -0.118. The van der Waals surface area contributed by atoms with Crippen molar-refractivity contribution in [3.63, 3.8) is 0 Å². The third-order valence-electron chi connectivity index (χ3n) is 3.16. The van der Waals surface area contributed by atoms with Crippen molar-refractivity contribution in [1.29, 1.82) is 5.26 Å². The normalized spacial score (nSPS) is 11.4. The minimum absolute atomic E-state index is 0.259. The van der Waals surface area contributed by atoms with Gasteiger partial charge in [-0.3, -0.25) is 4.79 Å². The van der Waals surface area contributed by atoms with E-state index in [1.54, 1.807) is 0 Å². The van der Waals surface area contributed by atoms with Crippen LogP contribution in [-0.4, -0.2) is 5.91 Å². The summed E-state index contributed by atoms with van der Waals surface area (Å²) in [5.74, 6) is -0.942. The van der Waals surface area contributed by atoms with Crippen LogP contribution in [0.5, 0.6) is 0 Å². The molecule has 0 radical (unpaired) electrons. The van der Waals surface area contributed by atoms with Crippen LogP contribution in [0.3, 0.4) is 0 Å². The molecule has 1 N–H and O–H groups in total. The summed E-state index contributed by atoms with van der Waals surface area (Å²) in [7, 11) is 0. The number of nitriles is 1. The first kappa shape index (κ1) is 13.8. The number of benzene rings is 2. The Labute approximate surface area is 118 Å². The molecule has 0 heterocycles. The second-order valence-corrected chi connectivity index (χ2v) is 4.68. The van der Waals surface area contributed by atoms with Gasteiger partial charge in [0.15, 0.2) is 0 Å². The van der Waals surface area contributed by atoms with E-state index in [-0.39, 0.29) is 5.91 Å². The molecule has 1 atom stereocenters. The first-order valence-electron chi connectivity index (χ1n) is 6.50. The van der Waals surface area contributed by atoms with Gasteiger partial charge >= 0.3 is 0 Å². The second-order valence-electron chi connectivity index (χ2n) is 4.68. The molecular weight excluding hydrogens is 248 g/mol. The van der Waals surface area contributed by atoms with E-state index in [0.717, 1.165) is 16.8 Å². The highest BCUT2D eigenvalue weighted by Gasteiger charge is 2.18. The molecule has 0 spiro atoms. The van der Waals surface area contributed by atoms with Gasteiger partial charge in [-0.1, -0.05) is 48.5 Å². The lowest BCUT2D eigenvalue weighted by atomic mass is 9.99. The molecule has 20 heavy (non-hydrogen) atoms. The summed E-state index contributed by atoms with van der Waals surface area (Å²) in [6, 6.07) is 19.2. The van der Waals surface area contributed by atoms with Crippen LogP contribution in [0.1, 0.15) is 11.1 Å². The fraction of sp³-hybridized carbons (Fsp3) is 0.176. The van der Waals surface area contributed by atoms with Crippen LogP contribution < -0.4 is 5.32 Å². The van der Waals surface area contributed by atoms with Crippen molar-refractivity contribution in [1.82, 2.24) is 0 Å². The molecule has 1 unspecified atom stereocenters. The number of para-hydroxylation sites is 1. The predicted octanol–water partition coefficient (Wildman–Crippen LogP) is 3.32. The zero-order valence-electron chi connectivity index (χ0n) is 11.3. The molecule has 100 valence electrons. The van der Waals surface area contributed by atoms with E-state index in [1.165, 1.54) is 0 Å². The van der Waals surface area contributed by atoms with Crippen LogP contribution in [0, 0.1) is 24.2 Å². The van der Waals surface area contributed by atoms with Gasteiger partial charge in [0.05, 0.1) is 6.07 Å². The lowest BCUT2D eigenvalue weighted by Gasteiger charge is -2.12. The number of hydrogen-bond donors (Lipinski definition) is 1. The van der Waals surface area contributed by atoms with E-state index >= 15 is 0 Å². The van der Waals surface area contributed by atoms with Gasteiger partial charge in [-0.25, -0.2) is 0 Å². The van der Waals surface area contributed by atoms with Gasteiger partial charge < -0.3 is 5.32 Å². The van der Waals surface area contributed by atoms with Crippen LogP contribution in [0.25, 0.3) is 0 Å². The molecule has 3 heteroatoms. The van der Waals surface area contributed by atoms with E-state index in [2.05, 4.69) is 11.4 Å². The van der Waals surface area contributed by atoms with Crippen LogP contribution in [-0.2, 0) is 11.2 Å². The Kier molecular flexibility index (Phi) is 4.52. The fourth-order valence-corrected chi connectivity index (χ4v) is 1.98. The maximum Gasteiger partial charge on any atom is 0.242 e. The summed E-state index contributed by atoms with van der Waals surface area (Å²) in [5, 5.41) is 12.0. The monoisotopic (exact) mass is 264 g/mol. The molecule has 3 nitrogen and oxygen atoms in total. The Hall–Kier alpha value is -2.60. The van der Waals surface area contributed by atoms with Crippen molar-refractivity contribution in [3.8, 4) is 6.07 Å². The Morgan fingerprint density at radius 1 is 1.15 bits per heavy atom. The highest BCUT2D eigenvalue weighted by atomic mass is 16.1. The average Bonchev–Trinajstić information content (AvgIpc) is 2.48. The second kappa shape index (κ2) is 6.53. The zero-order chi connectivity index (χ0) is 14.4. The smallest absolute Gasteiger partial charge is 0.242 e. The van der Waals surface area contributed by atoms with E-state index < -0.39 is 5.92 Å². The van der Waals surface area contributed by atoms with Gasteiger partial charge in [-0.2, -0.15) is 5.26 Å². The molecule has 1 amide bonds. The first-order valence-corrected chi connectivity index (χ1v) is 6.50. The van der Waals surface area contributed by atoms with Gasteiger partial charge in [0.25, 0.3) is 0 Å². The number of carbonyl (C=O) groups is 1. The molecule has 0 aliphatic rings. The summed E-state index contributed by atoms with van der Waals surface area (Å²) in [4.78, 5) is 12.2. The molecule has 0 saturated carbocycles. The molecule has 0 saturated heterocycles. The van der Waals surface area contributed by atoms with Gasteiger partial charge in [-0.15, -0.1) is 0 Å². The van der Waals surface area contributed by atoms with Crippen molar-refractivity contribution in [2.24, 2.45) is 5.92 Å². The minimum Gasteiger partial charge on any atom is -0.325 e. The summed E-state index contributed by atoms with van der Waals surface area (Å²) in [5.41, 5.74) is 2.72. The van der Waals surface area contributed by atoms with Gasteiger partial charge in [0.1, 0.15) is 5.92 Å². The number of rotatable bonds is 4. The molecule has 2 aromatic rings. The van der Waals surface area contributed by atoms with Crippen molar-refractivity contribution < 1.29 is 4.79 Å². The molecule has 0 aliphatic carbocycles. The minimum atomic E-state index is -0.683. The Morgan fingerprint density at radius 2 is 1.80 bits per heavy atom. The van der Waals surface area contributed by atoms with Crippen LogP contribution in [0.15, 0.2) is 54.6 Å². The quantitative estimate of drug-likeness (QED) is 0.921. The van der Waals surface area contributed by atoms with Gasteiger partial charge in [0, 0.05) is 5.69 Å². The number of nitrogens with one attached hydrogen (secondary N) is 1. The Balaban J connectivity index is 2.07. The van der Waals surface area contributed by atoms with Gasteiger partial charge in [-0.05, 0) is 30.5 Å². The average molecular weight is 264 g/mol. The molecular formula is C17H16N2O. The van der Waals surface area contributed by atoms with Gasteiger partial charge in [0.2, 0.25) is 5.91 Å². The molecule has 0 fully saturated rings. The lowest BCUT2D eigenvalue weighted by Crippen LogP contribution is -2.23. The highest BCUT2D eigenvalue weighted by molar-refractivity contribution is 5.94. The summed E-state index contributed by atoms with van der Waals surface area (Å²) >= 11 is 0. The van der Waals surface area contributed by atoms with E-state index in [0.29, 0.717) is 6.42 Å². The molecule has 0 aromatic heterocycles. The van der Waals surface area contributed by atoms with Crippen molar-refractivity contribution in [2.75, 3.05) is 5.32 Å². The molecule has 0 bridgehead atoms. The highest BCUT2D eigenvalue weighted by Crippen LogP contribution is 2.16. The third kappa shape index (κ3) is 3.46. The molecule has 2 rings (SSSR count). The van der Waals surface area contributed by atoms with Crippen LogP contribution in [0.4, 0.5) is 5.69 Å². The summed E-state index contributed by atoms with van der Waals surface area (Å²) < 4.78 is 0. The standard InChI is InChI=1S/C17H16N2O/c1-13-7-5-6-10-16(13)19-17(20)15(12-18)11-14-8-3-2-4-9-14/h2-10,15H,11H2,1H3,(H,19,20). The van der Waals surface area contributed by atoms with E-state index in [4.69, 9.17) is 0 Å². The fourth-order valence-electron chi connectivity index (χ4n) is 1.98. The SMILES string of the molecule is Cc1ccccc1NC(=O)C(C#N)Cc1ccccc1. The largest absolute Gasteiger partial charge is 0.325 e. The third-order valence-corrected chi connectivity index (χ3v) is 3.16. The summed E-state index contributed by atoms with van der Waals surface area (Å²) in [6.07, 6.45) is 0.426. The maximum absolute atomic E-state index is 12.2. The summed E-state index contributed by atoms with van der Waals surface area (Å²) in [6.45, 7) is 1.92. The number of aryl methyl sites for hydroxylation is 1. The van der Waals surface area contributed by atoms with E-state index in [9.17, 15) is 10.1 Å². The number of carbonyl (C=O) groups excluding carboxylic acids is 1. The van der Waals surface area contributed by atoms with Crippen molar-refractivity contribution in [3.05, 3.63) is 65.7 Å². The predicted molar refractivity (Wildman–Crippen MR) is 79.1 cm³/mol. The number of hydrogen-bond acceptors (Lipinski definition) is 2. The number of amides is 1. The maximum atomic E-state index is 12.2. The van der Waals surface area contributed by atoms with Crippen LogP contribution in [0.2, 0.25) is 0 Å².